The summed E-state index contributed by atoms with van der Waals surface area (Å²) >= 11 is 0. The third kappa shape index (κ3) is 3.72. The molecule has 7 nitrogen and oxygen atoms in total. The number of hydrogen-bond acceptors (Lipinski definition) is 5. The van der Waals surface area contributed by atoms with Crippen LogP contribution in [0.15, 0.2) is 24.5 Å². The van der Waals surface area contributed by atoms with Gasteiger partial charge in [0.05, 0.1) is 31.0 Å². The summed E-state index contributed by atoms with van der Waals surface area (Å²) in [4.78, 5) is 19.6. The van der Waals surface area contributed by atoms with Gasteiger partial charge in [0.1, 0.15) is 11.6 Å². The number of aryl methyl sites for hydroxylation is 1. The molecule has 3 heterocycles. The van der Waals surface area contributed by atoms with Crippen molar-refractivity contribution in [3.05, 3.63) is 35.7 Å². The van der Waals surface area contributed by atoms with Crippen LogP contribution in [0.2, 0.25) is 0 Å². The van der Waals surface area contributed by atoms with Gasteiger partial charge in [-0.05, 0) is 31.9 Å². The predicted octanol–water partition coefficient (Wildman–Crippen LogP) is 3.04. The number of rotatable bonds is 6. The van der Waals surface area contributed by atoms with E-state index in [0.29, 0.717) is 24.6 Å². The van der Waals surface area contributed by atoms with Crippen LogP contribution in [0, 0.1) is 6.92 Å². The maximum atomic E-state index is 13.0. The van der Waals surface area contributed by atoms with E-state index in [1.807, 2.05) is 17.7 Å². The summed E-state index contributed by atoms with van der Waals surface area (Å²) in [7, 11) is 0. The van der Waals surface area contributed by atoms with E-state index in [0.717, 1.165) is 37.3 Å². The summed E-state index contributed by atoms with van der Waals surface area (Å²) in [6.07, 6.45) is 5.46. The quantitative estimate of drug-likeness (QED) is 0.860. The number of pyridine rings is 1. The lowest BCUT2D eigenvalue weighted by atomic mass is 10.1. The van der Waals surface area contributed by atoms with E-state index in [1.54, 1.807) is 18.5 Å². The van der Waals surface area contributed by atoms with E-state index in [1.165, 1.54) is 0 Å². The molecule has 1 fully saturated rings. The highest BCUT2D eigenvalue weighted by Gasteiger charge is 2.22. The SMILES string of the molecule is CCC(CC)n1ncc(C)c1NC(=O)c1cccnc1N1CCOCC1. The van der Waals surface area contributed by atoms with E-state index in [9.17, 15) is 4.79 Å². The molecule has 0 unspecified atom stereocenters. The number of morpholine rings is 1. The van der Waals surface area contributed by atoms with Crippen LogP contribution < -0.4 is 10.2 Å². The molecule has 1 N–H and O–H groups in total. The van der Waals surface area contributed by atoms with Gasteiger partial charge in [-0.3, -0.25) is 4.79 Å². The molecule has 0 spiro atoms. The zero-order valence-electron chi connectivity index (χ0n) is 15.7. The van der Waals surface area contributed by atoms with Gasteiger partial charge in [-0.2, -0.15) is 5.10 Å². The Kier molecular flexibility index (Phi) is 5.88. The third-order valence-corrected chi connectivity index (χ3v) is 4.84. The van der Waals surface area contributed by atoms with Crippen LogP contribution in [0.3, 0.4) is 0 Å². The van der Waals surface area contributed by atoms with Gasteiger partial charge in [0, 0.05) is 24.8 Å². The van der Waals surface area contributed by atoms with E-state index in [-0.39, 0.29) is 11.9 Å². The van der Waals surface area contributed by atoms with Crippen LogP contribution in [-0.4, -0.2) is 47.0 Å². The summed E-state index contributed by atoms with van der Waals surface area (Å²) in [6, 6.07) is 3.89. The largest absolute Gasteiger partial charge is 0.378 e. The maximum Gasteiger partial charge on any atom is 0.260 e. The summed E-state index contributed by atoms with van der Waals surface area (Å²) in [5.41, 5.74) is 1.54. The van der Waals surface area contributed by atoms with Crippen molar-refractivity contribution in [2.24, 2.45) is 0 Å². The second kappa shape index (κ2) is 8.31. The summed E-state index contributed by atoms with van der Waals surface area (Å²) in [6.45, 7) is 9.01. The number of aromatic nitrogens is 3. The lowest BCUT2D eigenvalue weighted by Gasteiger charge is -2.29. The van der Waals surface area contributed by atoms with Crippen molar-refractivity contribution in [2.45, 2.75) is 39.7 Å². The van der Waals surface area contributed by atoms with Gasteiger partial charge in [-0.25, -0.2) is 9.67 Å². The van der Waals surface area contributed by atoms with Crippen LogP contribution in [0.5, 0.6) is 0 Å². The molecule has 1 amide bonds. The molecule has 0 saturated carbocycles. The Morgan fingerprint density at radius 2 is 2.04 bits per heavy atom. The van der Waals surface area contributed by atoms with Crippen molar-refractivity contribution in [3.8, 4) is 0 Å². The first-order valence-corrected chi connectivity index (χ1v) is 9.28. The number of carbonyl (C=O) groups excluding carboxylic acids is 1. The lowest BCUT2D eigenvalue weighted by molar-refractivity contribution is 0.102. The normalized spacial score (nSPS) is 14.7. The van der Waals surface area contributed by atoms with Crippen LogP contribution in [-0.2, 0) is 4.74 Å². The number of ether oxygens (including phenoxy) is 1. The standard InChI is InChI=1S/C19H27N5O2/c1-4-15(5-2)24-17(14(3)13-21-24)22-19(25)16-7-6-8-20-18(16)23-9-11-26-12-10-23/h6-8,13,15H,4-5,9-12H2,1-3H3,(H,22,25). The smallest absolute Gasteiger partial charge is 0.260 e. The molecule has 0 aromatic carbocycles. The Hall–Kier alpha value is -2.41. The number of amides is 1. The molecule has 0 aliphatic carbocycles. The van der Waals surface area contributed by atoms with Crippen molar-refractivity contribution in [2.75, 3.05) is 36.5 Å². The fourth-order valence-corrected chi connectivity index (χ4v) is 3.29. The lowest BCUT2D eigenvalue weighted by Crippen LogP contribution is -2.38. The van der Waals surface area contributed by atoms with Crippen LogP contribution in [0.25, 0.3) is 0 Å². The molecular formula is C19H27N5O2. The average molecular weight is 357 g/mol. The number of nitrogens with one attached hydrogen (secondary N) is 1. The number of carbonyl (C=O) groups is 1. The molecule has 26 heavy (non-hydrogen) atoms. The second-order valence-corrected chi connectivity index (χ2v) is 6.52. The molecule has 0 radical (unpaired) electrons. The molecule has 0 bridgehead atoms. The highest BCUT2D eigenvalue weighted by atomic mass is 16.5. The van der Waals surface area contributed by atoms with Gasteiger partial charge in [0.25, 0.3) is 5.91 Å². The number of anilines is 2. The molecule has 7 heteroatoms. The zero-order valence-corrected chi connectivity index (χ0v) is 15.7. The Bertz CT molecular complexity index is 748. The van der Waals surface area contributed by atoms with Gasteiger partial charge >= 0.3 is 0 Å². The van der Waals surface area contributed by atoms with Crippen LogP contribution >= 0.6 is 0 Å². The first kappa shape index (κ1) is 18.4. The van der Waals surface area contributed by atoms with E-state index >= 15 is 0 Å². The van der Waals surface area contributed by atoms with Gasteiger partial charge in [-0.1, -0.05) is 13.8 Å². The van der Waals surface area contributed by atoms with Gasteiger partial charge in [-0.15, -0.1) is 0 Å². The maximum absolute atomic E-state index is 13.0. The zero-order chi connectivity index (χ0) is 18.5. The predicted molar refractivity (Wildman–Crippen MR) is 102 cm³/mol. The van der Waals surface area contributed by atoms with Gasteiger partial charge in [0.2, 0.25) is 0 Å². The van der Waals surface area contributed by atoms with E-state index in [4.69, 9.17) is 4.74 Å². The topological polar surface area (TPSA) is 72.3 Å². The molecule has 2 aromatic rings. The third-order valence-electron chi connectivity index (χ3n) is 4.84. The first-order valence-electron chi connectivity index (χ1n) is 9.28. The summed E-state index contributed by atoms with van der Waals surface area (Å²) in [5, 5.41) is 7.54. The minimum atomic E-state index is -0.157. The average Bonchev–Trinajstić information content (AvgIpc) is 3.04. The minimum absolute atomic E-state index is 0.157. The molecule has 1 aliphatic rings. The molecular weight excluding hydrogens is 330 g/mol. The molecule has 2 aromatic heterocycles. The van der Waals surface area contributed by atoms with Crippen molar-refractivity contribution in [3.63, 3.8) is 0 Å². The van der Waals surface area contributed by atoms with E-state index in [2.05, 4.69) is 34.1 Å². The second-order valence-electron chi connectivity index (χ2n) is 6.52. The van der Waals surface area contributed by atoms with Gasteiger partial charge in [0.15, 0.2) is 0 Å². The fraction of sp³-hybridized carbons (Fsp3) is 0.526. The molecule has 1 aliphatic heterocycles. The number of nitrogens with zero attached hydrogens (tertiary/aromatic N) is 4. The monoisotopic (exact) mass is 357 g/mol. The van der Waals surface area contributed by atoms with Crippen molar-refractivity contribution in [1.29, 1.82) is 0 Å². The highest BCUT2D eigenvalue weighted by Crippen LogP contribution is 2.25. The van der Waals surface area contributed by atoms with Crippen molar-refractivity contribution in [1.82, 2.24) is 14.8 Å². The van der Waals surface area contributed by atoms with Crippen LogP contribution in [0.1, 0.15) is 48.7 Å². The minimum Gasteiger partial charge on any atom is -0.378 e. The molecule has 140 valence electrons. The highest BCUT2D eigenvalue weighted by molar-refractivity contribution is 6.07. The van der Waals surface area contributed by atoms with Gasteiger partial charge < -0.3 is 15.0 Å². The van der Waals surface area contributed by atoms with Crippen molar-refractivity contribution < 1.29 is 9.53 Å². The number of hydrogen-bond donors (Lipinski definition) is 1. The molecule has 0 atom stereocenters. The molecule has 1 saturated heterocycles. The van der Waals surface area contributed by atoms with E-state index < -0.39 is 0 Å². The Morgan fingerprint density at radius 3 is 2.73 bits per heavy atom. The Balaban J connectivity index is 1.87. The Labute approximate surface area is 154 Å². The summed E-state index contributed by atoms with van der Waals surface area (Å²) < 4.78 is 7.34. The summed E-state index contributed by atoms with van der Waals surface area (Å²) in [5.74, 6) is 1.32. The van der Waals surface area contributed by atoms with Crippen molar-refractivity contribution >= 4 is 17.5 Å². The molecule has 3 rings (SSSR count). The first-order chi connectivity index (χ1) is 12.7. The fourth-order valence-electron chi connectivity index (χ4n) is 3.29. The Morgan fingerprint density at radius 1 is 1.31 bits per heavy atom. The van der Waals surface area contributed by atoms with Crippen LogP contribution in [0.4, 0.5) is 11.6 Å².